The van der Waals surface area contributed by atoms with Crippen LogP contribution in [0.1, 0.15) is 13.8 Å². The lowest BCUT2D eigenvalue weighted by atomic mass is 10.1. The predicted octanol–water partition coefficient (Wildman–Crippen LogP) is 2.12. The Kier molecular flexibility index (Phi) is 5.93. The highest BCUT2D eigenvalue weighted by molar-refractivity contribution is 9.10. The zero-order valence-electron chi connectivity index (χ0n) is 11.5. The molecular formula is C12H18BrFN2O3S. The lowest BCUT2D eigenvalue weighted by molar-refractivity contribution is 0.157. The van der Waals surface area contributed by atoms with Gasteiger partial charge in [0.05, 0.1) is 17.2 Å². The third kappa shape index (κ3) is 4.15. The number of anilines is 1. The number of benzene rings is 1. The molecule has 8 heteroatoms. The van der Waals surface area contributed by atoms with Crippen LogP contribution in [0.25, 0.3) is 0 Å². The summed E-state index contributed by atoms with van der Waals surface area (Å²) in [7, 11) is -2.32. The standard InChI is InChI=1S/C12H18BrFN2O3S/c1-7(2)11(6-19-3)16-20(17,18)12-5-10(15)9(14)4-8(12)13/h4-5,7,11,16H,6,15H2,1-3H3. The van der Waals surface area contributed by atoms with Gasteiger partial charge < -0.3 is 10.5 Å². The van der Waals surface area contributed by atoms with Gasteiger partial charge in [0.2, 0.25) is 10.0 Å². The van der Waals surface area contributed by atoms with E-state index in [1.54, 1.807) is 0 Å². The first-order valence-electron chi connectivity index (χ1n) is 5.94. The second-order valence-corrected chi connectivity index (χ2v) is 7.27. The summed E-state index contributed by atoms with van der Waals surface area (Å²) in [6, 6.07) is 1.74. The molecule has 114 valence electrons. The molecular weight excluding hydrogens is 351 g/mol. The van der Waals surface area contributed by atoms with Gasteiger partial charge in [-0.3, -0.25) is 0 Å². The number of sulfonamides is 1. The second-order valence-electron chi connectivity index (χ2n) is 4.73. The largest absolute Gasteiger partial charge is 0.396 e. The molecule has 0 aliphatic carbocycles. The van der Waals surface area contributed by atoms with Crippen molar-refractivity contribution in [1.82, 2.24) is 4.72 Å². The number of hydrogen-bond donors (Lipinski definition) is 2. The summed E-state index contributed by atoms with van der Waals surface area (Å²) in [5.41, 5.74) is 5.20. The van der Waals surface area contributed by atoms with Crippen molar-refractivity contribution in [2.24, 2.45) is 5.92 Å². The van der Waals surface area contributed by atoms with Crippen LogP contribution in [-0.2, 0) is 14.8 Å². The van der Waals surface area contributed by atoms with Crippen LogP contribution in [0.4, 0.5) is 10.1 Å². The minimum absolute atomic E-state index is 0.0429. The Hall–Kier alpha value is -0.700. The predicted molar refractivity (Wildman–Crippen MR) is 79.3 cm³/mol. The fraction of sp³-hybridized carbons (Fsp3) is 0.500. The van der Waals surface area contributed by atoms with Gasteiger partial charge in [0.15, 0.2) is 0 Å². The van der Waals surface area contributed by atoms with Gasteiger partial charge in [-0.25, -0.2) is 17.5 Å². The molecule has 0 heterocycles. The monoisotopic (exact) mass is 368 g/mol. The highest BCUT2D eigenvalue weighted by Gasteiger charge is 2.25. The Labute approximate surface area is 126 Å². The number of nitrogen functional groups attached to an aromatic ring is 1. The lowest BCUT2D eigenvalue weighted by Crippen LogP contribution is -2.41. The van der Waals surface area contributed by atoms with Crippen LogP contribution in [0.5, 0.6) is 0 Å². The van der Waals surface area contributed by atoms with Crippen LogP contribution in [0.3, 0.4) is 0 Å². The SMILES string of the molecule is COCC(NS(=O)(=O)c1cc(N)c(F)cc1Br)C(C)C. The number of methoxy groups -OCH3 is 1. The number of nitrogens with two attached hydrogens (primary N) is 1. The smallest absolute Gasteiger partial charge is 0.242 e. The number of hydrogen-bond acceptors (Lipinski definition) is 4. The van der Waals surface area contributed by atoms with Crippen molar-refractivity contribution in [1.29, 1.82) is 0 Å². The lowest BCUT2D eigenvalue weighted by Gasteiger charge is -2.22. The number of halogens is 2. The van der Waals surface area contributed by atoms with Crippen molar-refractivity contribution < 1.29 is 17.5 Å². The van der Waals surface area contributed by atoms with Crippen LogP contribution in [0, 0.1) is 11.7 Å². The fourth-order valence-electron chi connectivity index (χ4n) is 1.56. The van der Waals surface area contributed by atoms with Gasteiger partial charge >= 0.3 is 0 Å². The summed E-state index contributed by atoms with van der Waals surface area (Å²) < 4.78 is 45.6. The van der Waals surface area contributed by atoms with E-state index >= 15 is 0 Å². The minimum atomic E-state index is -3.82. The van der Waals surface area contributed by atoms with E-state index in [-0.39, 0.29) is 33.6 Å². The van der Waals surface area contributed by atoms with E-state index in [1.165, 1.54) is 7.11 Å². The molecule has 1 atom stereocenters. The molecule has 1 aromatic carbocycles. The molecule has 0 saturated heterocycles. The van der Waals surface area contributed by atoms with Gasteiger partial charge in [0.1, 0.15) is 5.82 Å². The molecule has 1 rings (SSSR count). The molecule has 20 heavy (non-hydrogen) atoms. The molecule has 1 aromatic rings. The molecule has 0 aromatic heterocycles. The minimum Gasteiger partial charge on any atom is -0.396 e. The van der Waals surface area contributed by atoms with Crippen LogP contribution in [0.2, 0.25) is 0 Å². The van der Waals surface area contributed by atoms with Crippen LogP contribution < -0.4 is 10.5 Å². The van der Waals surface area contributed by atoms with Crippen LogP contribution in [0.15, 0.2) is 21.5 Å². The summed E-state index contributed by atoms with van der Waals surface area (Å²) >= 11 is 3.04. The molecule has 0 aliphatic heterocycles. The first-order valence-corrected chi connectivity index (χ1v) is 8.22. The van der Waals surface area contributed by atoms with E-state index in [4.69, 9.17) is 10.5 Å². The molecule has 5 nitrogen and oxygen atoms in total. The maximum Gasteiger partial charge on any atom is 0.242 e. The van der Waals surface area contributed by atoms with Gasteiger partial charge in [0, 0.05) is 17.6 Å². The van der Waals surface area contributed by atoms with Crippen molar-refractivity contribution in [3.8, 4) is 0 Å². The number of rotatable bonds is 6. The quantitative estimate of drug-likeness (QED) is 0.753. The van der Waals surface area contributed by atoms with Gasteiger partial charge in [0.25, 0.3) is 0 Å². The third-order valence-electron chi connectivity index (χ3n) is 2.80. The molecule has 0 aliphatic rings. The zero-order chi connectivity index (χ0) is 15.5. The Morgan fingerprint density at radius 2 is 2.05 bits per heavy atom. The molecule has 0 amide bonds. The average molecular weight is 369 g/mol. The number of ether oxygens (including phenoxy) is 1. The van der Waals surface area contributed by atoms with E-state index in [0.717, 1.165) is 12.1 Å². The van der Waals surface area contributed by atoms with Crippen LogP contribution in [-0.4, -0.2) is 28.2 Å². The van der Waals surface area contributed by atoms with Crippen LogP contribution >= 0.6 is 15.9 Å². The van der Waals surface area contributed by atoms with E-state index in [0.29, 0.717) is 0 Å². The summed E-state index contributed by atoms with van der Waals surface area (Å²) in [5.74, 6) is -0.630. The van der Waals surface area contributed by atoms with Gasteiger partial charge in [-0.15, -0.1) is 0 Å². The molecule has 1 unspecified atom stereocenters. The van der Waals surface area contributed by atoms with Gasteiger partial charge in [-0.1, -0.05) is 13.8 Å². The van der Waals surface area contributed by atoms with Crippen molar-refractivity contribution >= 4 is 31.6 Å². The maximum atomic E-state index is 13.3. The highest BCUT2D eigenvalue weighted by atomic mass is 79.9. The first kappa shape index (κ1) is 17.4. The van der Waals surface area contributed by atoms with E-state index < -0.39 is 15.8 Å². The Morgan fingerprint density at radius 3 is 2.55 bits per heavy atom. The van der Waals surface area contributed by atoms with E-state index in [2.05, 4.69) is 20.7 Å². The van der Waals surface area contributed by atoms with Gasteiger partial charge in [-0.05, 0) is 34.0 Å². The second kappa shape index (κ2) is 6.84. The van der Waals surface area contributed by atoms with Gasteiger partial charge in [-0.2, -0.15) is 0 Å². The molecule has 0 saturated carbocycles. The fourth-order valence-corrected chi connectivity index (χ4v) is 3.97. The summed E-state index contributed by atoms with van der Waals surface area (Å²) in [4.78, 5) is -0.0989. The third-order valence-corrected chi connectivity index (χ3v) is 5.25. The molecule has 0 spiro atoms. The normalized spacial score (nSPS) is 13.7. The summed E-state index contributed by atoms with van der Waals surface area (Å²) in [6.07, 6.45) is 0. The molecule has 0 bridgehead atoms. The Morgan fingerprint density at radius 1 is 1.45 bits per heavy atom. The average Bonchev–Trinajstić information content (AvgIpc) is 2.32. The van der Waals surface area contributed by atoms with E-state index in [1.807, 2.05) is 13.8 Å². The van der Waals surface area contributed by atoms with Crippen molar-refractivity contribution in [3.63, 3.8) is 0 Å². The highest BCUT2D eigenvalue weighted by Crippen LogP contribution is 2.27. The molecule has 0 radical (unpaired) electrons. The van der Waals surface area contributed by atoms with Crippen molar-refractivity contribution in [3.05, 3.63) is 22.4 Å². The Balaban J connectivity index is 3.13. The first-order chi connectivity index (χ1) is 9.19. The summed E-state index contributed by atoms with van der Waals surface area (Å²) in [6.45, 7) is 3.99. The molecule has 3 N–H and O–H groups in total. The van der Waals surface area contributed by atoms with Crippen molar-refractivity contribution in [2.75, 3.05) is 19.5 Å². The number of nitrogens with one attached hydrogen (secondary N) is 1. The van der Waals surface area contributed by atoms with Crippen molar-refractivity contribution in [2.45, 2.75) is 24.8 Å². The maximum absolute atomic E-state index is 13.3. The Bertz CT molecular complexity index is 578. The molecule has 0 fully saturated rings. The zero-order valence-corrected chi connectivity index (χ0v) is 13.9. The summed E-state index contributed by atoms with van der Waals surface area (Å²) in [5, 5.41) is 0. The topological polar surface area (TPSA) is 81.4 Å². The van der Waals surface area contributed by atoms with E-state index in [9.17, 15) is 12.8 Å².